The molecule has 0 spiro atoms. The van der Waals surface area contributed by atoms with E-state index in [1.54, 1.807) is 6.07 Å². The molecule has 1 aliphatic heterocycles. The summed E-state index contributed by atoms with van der Waals surface area (Å²) >= 11 is 1.87. The van der Waals surface area contributed by atoms with Crippen LogP contribution in [0.15, 0.2) is 18.2 Å². The molecule has 0 unspecified atom stereocenters. The predicted octanol–water partition coefficient (Wildman–Crippen LogP) is 2.75. The van der Waals surface area contributed by atoms with E-state index in [0.29, 0.717) is 5.69 Å². The Balaban J connectivity index is 2.35. The molecule has 0 aliphatic carbocycles. The molecule has 82 valence electrons. The molecular weight excluding hydrogens is 223 g/mol. The van der Waals surface area contributed by atoms with Gasteiger partial charge in [0.15, 0.2) is 0 Å². The van der Waals surface area contributed by atoms with Crippen molar-refractivity contribution in [3.63, 3.8) is 0 Å². The van der Waals surface area contributed by atoms with Crippen molar-refractivity contribution in [2.24, 2.45) is 0 Å². The number of pyridine rings is 1. The number of halogens is 1. The van der Waals surface area contributed by atoms with E-state index in [1.807, 2.05) is 11.8 Å². The molecule has 0 amide bonds. The summed E-state index contributed by atoms with van der Waals surface area (Å²) in [4.78, 5) is 4.55. The molecule has 1 aliphatic rings. The minimum atomic E-state index is -0.258. The number of nitrogens with two attached hydrogens (primary N) is 1. The number of thioether (sulfide) groups is 1. The molecule has 1 aromatic heterocycles. The van der Waals surface area contributed by atoms with Crippen LogP contribution in [-0.2, 0) is 12.2 Å². The molecule has 2 heterocycles. The molecule has 3 rings (SSSR count). The number of anilines is 1. The lowest BCUT2D eigenvalue weighted by Crippen LogP contribution is -2.09. The van der Waals surface area contributed by atoms with Crippen molar-refractivity contribution in [3.8, 4) is 0 Å². The number of hydrogen-bond donors (Lipinski definition) is 1. The van der Waals surface area contributed by atoms with Crippen LogP contribution in [0.2, 0.25) is 0 Å². The van der Waals surface area contributed by atoms with Crippen LogP contribution < -0.4 is 5.73 Å². The summed E-state index contributed by atoms with van der Waals surface area (Å²) < 4.78 is 13.2. The SMILES string of the molecule is Nc1c2c(nc3ccc(F)cc13)CSCC2. The predicted molar refractivity (Wildman–Crippen MR) is 66.0 cm³/mol. The first-order valence-corrected chi connectivity index (χ1v) is 6.35. The second kappa shape index (κ2) is 3.63. The fourth-order valence-corrected chi connectivity index (χ4v) is 3.02. The fraction of sp³-hybridized carbons (Fsp3) is 0.250. The molecule has 0 radical (unpaired) electrons. The van der Waals surface area contributed by atoms with Crippen LogP contribution in [0.5, 0.6) is 0 Å². The van der Waals surface area contributed by atoms with Crippen molar-refractivity contribution < 1.29 is 4.39 Å². The molecule has 4 heteroatoms. The number of rotatable bonds is 0. The second-order valence-electron chi connectivity index (χ2n) is 3.91. The number of aromatic nitrogens is 1. The first kappa shape index (κ1) is 9.90. The van der Waals surface area contributed by atoms with Gasteiger partial charge in [-0.15, -0.1) is 0 Å². The first-order chi connectivity index (χ1) is 7.75. The average molecular weight is 234 g/mol. The Bertz CT molecular complexity index is 568. The Morgan fingerprint density at radius 1 is 1.38 bits per heavy atom. The maximum Gasteiger partial charge on any atom is 0.124 e. The van der Waals surface area contributed by atoms with Gasteiger partial charge in [0.2, 0.25) is 0 Å². The number of nitrogens with zero attached hydrogens (tertiary/aromatic N) is 1. The van der Waals surface area contributed by atoms with Crippen LogP contribution in [0.3, 0.4) is 0 Å². The van der Waals surface area contributed by atoms with E-state index in [9.17, 15) is 4.39 Å². The third kappa shape index (κ3) is 1.45. The summed E-state index contributed by atoms with van der Waals surface area (Å²) in [6, 6.07) is 4.59. The van der Waals surface area contributed by atoms with Crippen molar-refractivity contribution in [2.75, 3.05) is 11.5 Å². The molecular formula is C12H11FN2S. The first-order valence-electron chi connectivity index (χ1n) is 5.20. The smallest absolute Gasteiger partial charge is 0.124 e. The summed E-state index contributed by atoms with van der Waals surface area (Å²) in [5, 5.41) is 0.741. The van der Waals surface area contributed by atoms with E-state index in [0.717, 1.165) is 40.1 Å². The Morgan fingerprint density at radius 2 is 2.25 bits per heavy atom. The Morgan fingerprint density at radius 3 is 3.12 bits per heavy atom. The van der Waals surface area contributed by atoms with E-state index in [1.165, 1.54) is 12.1 Å². The van der Waals surface area contributed by atoms with Gasteiger partial charge in [-0.2, -0.15) is 11.8 Å². The minimum absolute atomic E-state index is 0.258. The molecule has 2 N–H and O–H groups in total. The van der Waals surface area contributed by atoms with Gasteiger partial charge in [-0.25, -0.2) is 4.39 Å². The van der Waals surface area contributed by atoms with Gasteiger partial charge in [-0.05, 0) is 35.9 Å². The van der Waals surface area contributed by atoms with E-state index in [4.69, 9.17) is 5.73 Å². The van der Waals surface area contributed by atoms with Crippen LogP contribution in [0.25, 0.3) is 10.9 Å². The minimum Gasteiger partial charge on any atom is -0.398 e. The van der Waals surface area contributed by atoms with Crippen molar-refractivity contribution in [1.29, 1.82) is 0 Å². The van der Waals surface area contributed by atoms with Crippen LogP contribution in [-0.4, -0.2) is 10.7 Å². The molecule has 2 aromatic rings. The fourth-order valence-electron chi connectivity index (χ4n) is 2.09. The summed E-state index contributed by atoms with van der Waals surface area (Å²) in [5.74, 6) is 1.72. The zero-order valence-corrected chi connectivity index (χ0v) is 9.48. The van der Waals surface area contributed by atoms with Crippen LogP contribution in [0.1, 0.15) is 11.3 Å². The third-order valence-corrected chi connectivity index (χ3v) is 3.88. The number of benzene rings is 1. The third-order valence-electron chi connectivity index (χ3n) is 2.91. The zero-order chi connectivity index (χ0) is 11.1. The molecule has 2 nitrogen and oxygen atoms in total. The lowest BCUT2D eigenvalue weighted by atomic mass is 10.0. The molecule has 1 aromatic carbocycles. The van der Waals surface area contributed by atoms with E-state index >= 15 is 0 Å². The standard InChI is InChI=1S/C12H11FN2S/c13-7-1-2-10-9(5-7)12(14)8-3-4-16-6-11(8)15-10/h1-2,5H,3-4,6H2,(H2,14,15). The lowest BCUT2D eigenvalue weighted by molar-refractivity contribution is 0.629. The van der Waals surface area contributed by atoms with Crippen LogP contribution in [0, 0.1) is 5.82 Å². The Kier molecular flexibility index (Phi) is 2.24. The van der Waals surface area contributed by atoms with Gasteiger partial charge in [0.1, 0.15) is 5.82 Å². The normalized spacial score (nSPS) is 15.1. The van der Waals surface area contributed by atoms with Gasteiger partial charge in [-0.1, -0.05) is 0 Å². The highest BCUT2D eigenvalue weighted by Gasteiger charge is 2.16. The highest BCUT2D eigenvalue weighted by Crippen LogP contribution is 2.32. The van der Waals surface area contributed by atoms with Gasteiger partial charge >= 0.3 is 0 Å². The van der Waals surface area contributed by atoms with Gasteiger partial charge in [0.25, 0.3) is 0 Å². The summed E-state index contributed by atoms with van der Waals surface area (Å²) in [7, 11) is 0. The topological polar surface area (TPSA) is 38.9 Å². The van der Waals surface area contributed by atoms with E-state index in [-0.39, 0.29) is 5.82 Å². The summed E-state index contributed by atoms with van der Waals surface area (Å²) in [6.45, 7) is 0. The average Bonchev–Trinajstić information content (AvgIpc) is 2.31. The van der Waals surface area contributed by atoms with Crippen molar-refractivity contribution in [1.82, 2.24) is 4.98 Å². The molecule has 16 heavy (non-hydrogen) atoms. The van der Waals surface area contributed by atoms with E-state index < -0.39 is 0 Å². The van der Waals surface area contributed by atoms with Gasteiger partial charge in [0.05, 0.1) is 11.2 Å². The van der Waals surface area contributed by atoms with Crippen LogP contribution >= 0.6 is 11.8 Å². The quantitative estimate of drug-likeness (QED) is 0.761. The monoisotopic (exact) mass is 234 g/mol. The number of fused-ring (bicyclic) bond motifs is 2. The molecule has 0 saturated heterocycles. The van der Waals surface area contributed by atoms with Crippen LogP contribution in [0.4, 0.5) is 10.1 Å². The van der Waals surface area contributed by atoms with Crippen molar-refractivity contribution in [2.45, 2.75) is 12.2 Å². The molecule has 0 atom stereocenters. The van der Waals surface area contributed by atoms with Crippen molar-refractivity contribution in [3.05, 3.63) is 35.3 Å². The second-order valence-corrected chi connectivity index (χ2v) is 5.02. The Labute approximate surface area is 97.1 Å². The number of nitrogen functional groups attached to an aromatic ring is 1. The molecule has 0 fully saturated rings. The summed E-state index contributed by atoms with van der Waals surface area (Å²) in [5.41, 5.74) is 9.76. The largest absolute Gasteiger partial charge is 0.398 e. The molecule has 0 bridgehead atoms. The maximum absolute atomic E-state index is 13.2. The van der Waals surface area contributed by atoms with Crippen molar-refractivity contribution >= 4 is 28.4 Å². The highest BCUT2D eigenvalue weighted by molar-refractivity contribution is 7.98. The number of hydrogen-bond acceptors (Lipinski definition) is 3. The highest BCUT2D eigenvalue weighted by atomic mass is 32.2. The lowest BCUT2D eigenvalue weighted by Gasteiger charge is -2.18. The zero-order valence-electron chi connectivity index (χ0n) is 8.66. The van der Waals surface area contributed by atoms with Gasteiger partial charge in [-0.3, -0.25) is 4.98 Å². The Hall–Kier alpha value is -1.29. The van der Waals surface area contributed by atoms with Gasteiger partial charge in [0, 0.05) is 16.8 Å². The van der Waals surface area contributed by atoms with E-state index in [2.05, 4.69) is 4.98 Å². The maximum atomic E-state index is 13.2. The molecule has 0 saturated carbocycles. The van der Waals surface area contributed by atoms with Gasteiger partial charge < -0.3 is 5.73 Å². The summed E-state index contributed by atoms with van der Waals surface area (Å²) in [6.07, 6.45) is 0.936.